The summed E-state index contributed by atoms with van der Waals surface area (Å²) < 4.78 is 0. The summed E-state index contributed by atoms with van der Waals surface area (Å²) in [7, 11) is 0. The largest absolute Gasteiger partial charge is 0.540 e. The van der Waals surface area contributed by atoms with Crippen molar-refractivity contribution in [3.8, 4) is 0 Å². The predicted octanol–water partition coefficient (Wildman–Crippen LogP) is -3.03. The number of hydrogen-bond donors (Lipinski definition) is 4. The summed E-state index contributed by atoms with van der Waals surface area (Å²) in [5.41, 5.74) is 5.64. The van der Waals surface area contributed by atoms with Crippen molar-refractivity contribution in [1.82, 2.24) is 16.0 Å². The van der Waals surface area contributed by atoms with E-state index >= 15 is 0 Å². The Balaban J connectivity index is 0.00000361. The second kappa shape index (κ2) is 10.1. The number of rotatable bonds is 1. The number of nitrogens with two attached hydrogens (primary N) is 1. The molecule has 0 bridgehead atoms. The molecule has 20 heavy (non-hydrogen) atoms. The molecular formula is C11H17N4O4Y-. The van der Waals surface area contributed by atoms with Gasteiger partial charge in [0.25, 0.3) is 0 Å². The molecule has 1 heterocycles. The Morgan fingerprint density at radius 3 is 2.45 bits per heavy atom. The molecule has 1 rings (SSSR count). The fourth-order valence-corrected chi connectivity index (χ4v) is 1.54. The molecule has 0 aliphatic carbocycles. The van der Waals surface area contributed by atoms with Crippen LogP contribution < -0.4 is 21.7 Å². The van der Waals surface area contributed by atoms with Crippen molar-refractivity contribution < 1.29 is 51.9 Å². The number of ketones is 1. The van der Waals surface area contributed by atoms with Crippen molar-refractivity contribution in [3.05, 3.63) is 0 Å². The molecule has 1 saturated heterocycles. The van der Waals surface area contributed by atoms with E-state index in [0.29, 0.717) is 6.42 Å². The number of nitrogens with one attached hydrogen (secondary N) is 3. The molecule has 1 fully saturated rings. The molecule has 1 aliphatic heterocycles. The van der Waals surface area contributed by atoms with E-state index in [1.54, 1.807) is 6.29 Å². The summed E-state index contributed by atoms with van der Waals surface area (Å²) in [4.78, 5) is 45.0. The van der Waals surface area contributed by atoms with Gasteiger partial charge in [-0.1, -0.05) is 6.04 Å². The topological polar surface area (TPSA) is 130 Å². The molecular weight excluding hydrogens is 341 g/mol. The maximum absolute atomic E-state index is 11.6. The van der Waals surface area contributed by atoms with Crippen LogP contribution in [0.1, 0.15) is 12.8 Å². The van der Waals surface area contributed by atoms with Gasteiger partial charge < -0.3 is 26.5 Å². The fraction of sp³-hybridized carbons (Fsp3) is 0.636. The third kappa shape index (κ3) is 7.18. The van der Waals surface area contributed by atoms with Gasteiger partial charge in [0.1, 0.15) is 0 Å². The van der Waals surface area contributed by atoms with E-state index in [1.165, 1.54) is 0 Å². The molecule has 9 heteroatoms. The van der Waals surface area contributed by atoms with Crippen LogP contribution in [0.25, 0.3) is 0 Å². The van der Waals surface area contributed by atoms with E-state index in [9.17, 15) is 19.2 Å². The SMILES string of the molecule is NC1CCNC(=O)CNC(=O)CC([C-]=O)NCC1=O.[Y]. The van der Waals surface area contributed by atoms with Crippen molar-refractivity contribution >= 4 is 23.9 Å². The zero-order valence-electron chi connectivity index (χ0n) is 11.0. The zero-order chi connectivity index (χ0) is 14.3. The molecule has 2 atom stereocenters. The first kappa shape index (κ1) is 19.3. The Kier molecular flexibility index (Phi) is 9.74. The normalized spacial score (nSPS) is 25.9. The van der Waals surface area contributed by atoms with Crippen molar-refractivity contribution in [1.29, 1.82) is 0 Å². The molecule has 0 aromatic carbocycles. The number of Topliss-reactive ketones (excluding diaryl/α,β-unsaturated/α-hetero) is 1. The molecule has 5 N–H and O–H groups in total. The fourth-order valence-electron chi connectivity index (χ4n) is 1.54. The zero-order valence-corrected chi connectivity index (χ0v) is 13.8. The number of carbonyl (C=O) groups excluding carboxylic acids is 4. The smallest absolute Gasteiger partial charge is 0.239 e. The van der Waals surface area contributed by atoms with Gasteiger partial charge in [-0.3, -0.25) is 14.4 Å². The Morgan fingerprint density at radius 2 is 1.80 bits per heavy atom. The molecule has 8 nitrogen and oxygen atoms in total. The average Bonchev–Trinajstić information content (AvgIpc) is 2.40. The van der Waals surface area contributed by atoms with Crippen LogP contribution in [0, 0.1) is 0 Å². The van der Waals surface area contributed by atoms with E-state index in [0.717, 1.165) is 0 Å². The maximum atomic E-state index is 11.6. The van der Waals surface area contributed by atoms with E-state index in [1.807, 2.05) is 0 Å². The van der Waals surface area contributed by atoms with E-state index in [-0.39, 0.29) is 70.5 Å². The van der Waals surface area contributed by atoms with Gasteiger partial charge in [-0.15, -0.1) is 0 Å². The molecule has 1 radical (unpaired) electrons. The second-order valence-corrected chi connectivity index (χ2v) is 4.24. The van der Waals surface area contributed by atoms with Crippen molar-refractivity contribution in [3.63, 3.8) is 0 Å². The number of amides is 2. The second-order valence-electron chi connectivity index (χ2n) is 4.24. The van der Waals surface area contributed by atoms with Gasteiger partial charge in [-0.2, -0.15) is 0 Å². The van der Waals surface area contributed by atoms with Crippen LogP contribution in [-0.2, 0) is 51.9 Å². The van der Waals surface area contributed by atoms with Crippen LogP contribution in [0.15, 0.2) is 0 Å². The van der Waals surface area contributed by atoms with Gasteiger partial charge in [-0.25, -0.2) is 6.29 Å². The van der Waals surface area contributed by atoms with E-state index in [4.69, 9.17) is 5.73 Å². The molecule has 0 spiro atoms. The van der Waals surface area contributed by atoms with Gasteiger partial charge in [-0.05, 0) is 6.42 Å². The third-order valence-corrected chi connectivity index (χ3v) is 2.69. The standard InChI is InChI=1S/C11H17N4O4.Y/c12-8-1-2-13-11(19)5-15-10(18)3-7(6-16)14-4-9(8)17;/h7-8,14H,1-5,12H2,(H,13,19)(H,15,18);/q-1;. The Bertz CT molecular complexity index is 377. The van der Waals surface area contributed by atoms with Crippen LogP contribution in [0.3, 0.4) is 0 Å². The Morgan fingerprint density at radius 1 is 1.10 bits per heavy atom. The van der Waals surface area contributed by atoms with Crippen molar-refractivity contribution in [2.45, 2.75) is 24.9 Å². The minimum absolute atomic E-state index is 0. The molecule has 2 unspecified atom stereocenters. The van der Waals surface area contributed by atoms with E-state index in [2.05, 4.69) is 16.0 Å². The molecule has 0 aromatic rings. The molecule has 2 amide bonds. The van der Waals surface area contributed by atoms with Gasteiger partial charge in [0.15, 0.2) is 5.78 Å². The van der Waals surface area contributed by atoms with Crippen LogP contribution in [-0.4, -0.2) is 55.6 Å². The maximum Gasteiger partial charge on any atom is 0.239 e. The van der Waals surface area contributed by atoms with Gasteiger partial charge in [0.05, 0.1) is 19.1 Å². The van der Waals surface area contributed by atoms with Crippen molar-refractivity contribution in [2.75, 3.05) is 19.6 Å². The van der Waals surface area contributed by atoms with E-state index < -0.39 is 18.0 Å². The monoisotopic (exact) mass is 358 g/mol. The quantitative estimate of drug-likeness (QED) is 0.369. The molecule has 1 aliphatic rings. The van der Waals surface area contributed by atoms with Crippen LogP contribution in [0.4, 0.5) is 0 Å². The first-order valence-electron chi connectivity index (χ1n) is 5.95. The van der Waals surface area contributed by atoms with Gasteiger partial charge >= 0.3 is 0 Å². The Labute approximate surface area is 141 Å². The first-order chi connectivity index (χ1) is 9.02. The summed E-state index contributed by atoms with van der Waals surface area (Å²) in [6.07, 6.45) is 1.75. The summed E-state index contributed by atoms with van der Waals surface area (Å²) in [6, 6.07) is -1.61. The van der Waals surface area contributed by atoms with Gasteiger partial charge in [0, 0.05) is 45.7 Å². The third-order valence-electron chi connectivity index (χ3n) is 2.69. The summed E-state index contributed by atoms with van der Waals surface area (Å²) in [6.45, 7) is -0.0270. The Hall–Kier alpha value is -0.696. The predicted molar refractivity (Wildman–Crippen MR) is 65.7 cm³/mol. The molecule has 0 saturated carbocycles. The van der Waals surface area contributed by atoms with Gasteiger partial charge in [0.2, 0.25) is 11.8 Å². The average molecular weight is 358 g/mol. The minimum Gasteiger partial charge on any atom is -0.540 e. The summed E-state index contributed by atoms with van der Waals surface area (Å²) in [5.74, 6) is -1.12. The summed E-state index contributed by atoms with van der Waals surface area (Å²) in [5, 5.41) is 7.52. The number of hydrogen-bond acceptors (Lipinski definition) is 6. The van der Waals surface area contributed by atoms with Crippen molar-refractivity contribution in [2.24, 2.45) is 5.73 Å². The molecule has 0 aromatic heterocycles. The summed E-state index contributed by atoms with van der Waals surface area (Å²) >= 11 is 0. The molecule has 109 valence electrons. The first-order valence-corrected chi connectivity index (χ1v) is 5.95. The van der Waals surface area contributed by atoms with Crippen LogP contribution in [0.5, 0.6) is 0 Å². The van der Waals surface area contributed by atoms with Crippen LogP contribution in [0.2, 0.25) is 0 Å². The number of carbonyl (C=O) groups is 3. The minimum atomic E-state index is -0.889. The van der Waals surface area contributed by atoms with Crippen LogP contribution >= 0.6 is 0 Å².